The molecule has 0 fully saturated rings. The van der Waals surface area contributed by atoms with Gasteiger partial charge in [-0.1, -0.05) is 36.7 Å². The minimum atomic E-state index is -4.71. The van der Waals surface area contributed by atoms with Gasteiger partial charge in [0.1, 0.15) is 12.4 Å². The van der Waals surface area contributed by atoms with E-state index in [-0.39, 0.29) is 12.4 Å². The Morgan fingerprint density at radius 1 is 1.28 bits per heavy atom. The molecule has 0 aliphatic carbocycles. The van der Waals surface area contributed by atoms with Crippen LogP contribution in [0, 0.1) is 0 Å². The Morgan fingerprint density at radius 3 is 2.67 bits per heavy atom. The summed E-state index contributed by atoms with van der Waals surface area (Å²) in [5.74, 6) is -0.268. The molecule has 0 N–H and O–H groups in total. The average Bonchev–Trinajstić information content (AvgIpc) is 2.29. The maximum absolute atomic E-state index is 12.1. The van der Waals surface area contributed by atoms with Crippen molar-refractivity contribution >= 4 is 6.21 Å². The zero-order valence-corrected chi connectivity index (χ0v) is 9.91. The zero-order chi connectivity index (χ0) is 13.4. The van der Waals surface area contributed by atoms with Crippen molar-refractivity contribution in [3.05, 3.63) is 29.8 Å². The van der Waals surface area contributed by atoms with Gasteiger partial charge < -0.3 is 9.57 Å². The Labute approximate surface area is 103 Å². The van der Waals surface area contributed by atoms with Gasteiger partial charge in [-0.2, -0.15) is 0 Å². The number of oxime groups is 1. The van der Waals surface area contributed by atoms with Crippen LogP contribution in [0.3, 0.4) is 0 Å². The van der Waals surface area contributed by atoms with E-state index < -0.39 is 6.36 Å². The molecule has 100 valence electrons. The first kappa shape index (κ1) is 14.3. The lowest BCUT2D eigenvalue weighted by Gasteiger charge is -2.12. The van der Waals surface area contributed by atoms with Gasteiger partial charge in [0.15, 0.2) is 0 Å². The molecule has 0 aromatic heterocycles. The van der Waals surface area contributed by atoms with Crippen LogP contribution in [-0.4, -0.2) is 12.6 Å². The molecular formula is C12H14F3NO2. The molecule has 18 heavy (non-hydrogen) atoms. The van der Waals surface area contributed by atoms with E-state index in [1.807, 2.05) is 6.92 Å². The Morgan fingerprint density at radius 2 is 2.00 bits per heavy atom. The number of benzene rings is 1. The molecule has 1 rings (SSSR count). The normalized spacial score (nSPS) is 11.8. The van der Waals surface area contributed by atoms with Crippen molar-refractivity contribution < 1.29 is 22.7 Å². The summed E-state index contributed by atoms with van der Waals surface area (Å²) in [6.45, 7) is 1.92. The predicted molar refractivity (Wildman–Crippen MR) is 61.3 cm³/mol. The van der Waals surface area contributed by atoms with E-state index in [1.165, 1.54) is 18.2 Å². The second kappa shape index (κ2) is 6.88. The van der Waals surface area contributed by atoms with Crippen LogP contribution in [0.4, 0.5) is 13.2 Å². The Kier molecular flexibility index (Phi) is 5.48. The summed E-state index contributed by atoms with van der Waals surface area (Å²) in [5, 5.41) is 3.63. The van der Waals surface area contributed by atoms with Gasteiger partial charge in [0.25, 0.3) is 0 Å². The lowest BCUT2D eigenvalue weighted by Crippen LogP contribution is -2.18. The van der Waals surface area contributed by atoms with Crippen molar-refractivity contribution in [2.75, 3.05) is 0 Å². The van der Waals surface area contributed by atoms with Crippen LogP contribution in [0.25, 0.3) is 0 Å². The molecule has 0 bridgehead atoms. The number of unbranched alkanes of at least 4 members (excludes halogenated alkanes) is 1. The summed E-state index contributed by atoms with van der Waals surface area (Å²) in [6, 6.07) is 5.81. The summed E-state index contributed by atoms with van der Waals surface area (Å²) < 4.78 is 40.2. The molecule has 3 nitrogen and oxygen atoms in total. The third-order valence-corrected chi connectivity index (χ3v) is 1.99. The van der Waals surface area contributed by atoms with Crippen LogP contribution in [0.15, 0.2) is 29.4 Å². The first-order chi connectivity index (χ1) is 8.53. The topological polar surface area (TPSA) is 30.8 Å². The molecular weight excluding hydrogens is 247 g/mol. The lowest BCUT2D eigenvalue weighted by atomic mass is 10.2. The van der Waals surface area contributed by atoms with Crippen molar-refractivity contribution in [1.82, 2.24) is 0 Å². The van der Waals surface area contributed by atoms with Crippen molar-refractivity contribution in [2.24, 2.45) is 5.16 Å². The van der Waals surface area contributed by atoms with E-state index in [9.17, 15) is 13.2 Å². The van der Waals surface area contributed by atoms with E-state index in [2.05, 4.69) is 9.89 Å². The molecule has 0 unspecified atom stereocenters. The van der Waals surface area contributed by atoms with Crippen molar-refractivity contribution in [2.45, 2.75) is 32.7 Å². The molecule has 0 saturated heterocycles. The van der Waals surface area contributed by atoms with Crippen molar-refractivity contribution in [1.29, 1.82) is 0 Å². The third-order valence-electron chi connectivity index (χ3n) is 1.99. The van der Waals surface area contributed by atoms with Gasteiger partial charge in [-0.05, 0) is 12.5 Å². The van der Waals surface area contributed by atoms with Crippen LogP contribution in [-0.2, 0) is 11.4 Å². The predicted octanol–water partition coefficient (Wildman–Crippen LogP) is 3.89. The molecule has 0 heterocycles. The second-order valence-corrected chi connectivity index (χ2v) is 3.51. The Bertz CT molecular complexity index is 391. The molecule has 0 spiro atoms. The molecule has 6 heteroatoms. The molecule has 0 saturated carbocycles. The minimum absolute atomic E-state index is 0.0630. The number of hydrogen-bond acceptors (Lipinski definition) is 3. The maximum Gasteiger partial charge on any atom is 0.573 e. The number of nitrogens with zero attached hydrogens (tertiary/aromatic N) is 1. The summed E-state index contributed by atoms with van der Waals surface area (Å²) >= 11 is 0. The zero-order valence-electron chi connectivity index (χ0n) is 9.91. The highest BCUT2D eigenvalue weighted by molar-refractivity contribution is 5.55. The quantitative estimate of drug-likeness (QED) is 0.574. The van der Waals surface area contributed by atoms with Crippen LogP contribution < -0.4 is 4.74 Å². The number of alkyl halides is 3. The van der Waals surface area contributed by atoms with Gasteiger partial charge in [-0.3, -0.25) is 0 Å². The minimum Gasteiger partial charge on any atom is -0.405 e. The van der Waals surface area contributed by atoms with Gasteiger partial charge in [-0.15, -0.1) is 13.2 Å². The summed E-state index contributed by atoms with van der Waals surface area (Å²) in [6.07, 6.45) is -1.43. The van der Waals surface area contributed by atoms with Gasteiger partial charge >= 0.3 is 6.36 Å². The highest BCUT2D eigenvalue weighted by Crippen LogP contribution is 2.26. The molecule has 0 aliphatic heterocycles. The van der Waals surface area contributed by atoms with Crippen LogP contribution in [0.5, 0.6) is 5.75 Å². The highest BCUT2D eigenvalue weighted by Gasteiger charge is 2.31. The van der Waals surface area contributed by atoms with E-state index in [0.717, 1.165) is 12.8 Å². The smallest absolute Gasteiger partial charge is 0.405 e. The average molecular weight is 261 g/mol. The first-order valence-corrected chi connectivity index (χ1v) is 5.50. The maximum atomic E-state index is 12.1. The fourth-order valence-corrected chi connectivity index (χ4v) is 1.19. The molecule has 1 aromatic carbocycles. The second-order valence-electron chi connectivity index (χ2n) is 3.51. The van der Waals surface area contributed by atoms with Gasteiger partial charge in [0.2, 0.25) is 0 Å². The Hall–Kier alpha value is -1.72. The molecule has 0 aliphatic rings. The third kappa shape index (κ3) is 5.56. The SMILES string of the molecule is CCCC=NOCc1ccccc1OC(F)(F)F. The lowest BCUT2D eigenvalue weighted by molar-refractivity contribution is -0.275. The van der Waals surface area contributed by atoms with E-state index in [4.69, 9.17) is 4.84 Å². The molecule has 1 aromatic rings. The summed E-state index contributed by atoms with van der Waals surface area (Å²) in [5.41, 5.74) is 0.295. The number of para-hydroxylation sites is 1. The summed E-state index contributed by atoms with van der Waals surface area (Å²) in [7, 11) is 0. The van der Waals surface area contributed by atoms with Crippen molar-refractivity contribution in [3.63, 3.8) is 0 Å². The van der Waals surface area contributed by atoms with Crippen molar-refractivity contribution in [3.8, 4) is 5.75 Å². The van der Waals surface area contributed by atoms with Gasteiger partial charge in [-0.25, -0.2) is 0 Å². The number of hydrogen-bond donors (Lipinski definition) is 0. The van der Waals surface area contributed by atoms with E-state index in [1.54, 1.807) is 12.3 Å². The standard InChI is InChI=1S/C12H14F3NO2/c1-2-3-8-16-17-9-10-6-4-5-7-11(10)18-12(13,14)15/h4-8H,2-3,9H2,1H3. The number of halogens is 3. The fraction of sp³-hybridized carbons (Fsp3) is 0.417. The highest BCUT2D eigenvalue weighted by atomic mass is 19.4. The van der Waals surface area contributed by atoms with Crippen LogP contribution in [0.2, 0.25) is 0 Å². The van der Waals surface area contributed by atoms with Gasteiger partial charge in [0.05, 0.1) is 0 Å². The largest absolute Gasteiger partial charge is 0.573 e. The van der Waals surface area contributed by atoms with Crippen LogP contribution >= 0.6 is 0 Å². The summed E-state index contributed by atoms with van der Waals surface area (Å²) in [4.78, 5) is 4.90. The molecule has 0 amide bonds. The Balaban J connectivity index is 2.59. The molecule has 0 atom stereocenters. The first-order valence-electron chi connectivity index (χ1n) is 5.50. The number of ether oxygens (including phenoxy) is 1. The van der Waals surface area contributed by atoms with Gasteiger partial charge in [0, 0.05) is 11.8 Å². The van der Waals surface area contributed by atoms with E-state index >= 15 is 0 Å². The fourth-order valence-electron chi connectivity index (χ4n) is 1.19. The van der Waals surface area contributed by atoms with E-state index in [0.29, 0.717) is 5.56 Å². The van der Waals surface area contributed by atoms with Crippen LogP contribution in [0.1, 0.15) is 25.3 Å². The molecule has 0 radical (unpaired) electrons. The number of rotatable bonds is 6. The monoisotopic (exact) mass is 261 g/mol.